The smallest absolute Gasteiger partial charge is 0.336 e. The third-order valence-electron chi connectivity index (χ3n) is 7.36. The molecular weight excluding hydrogens is 388 g/mol. The molecule has 2 aromatic carbocycles. The molecule has 1 saturated carbocycles. The molecule has 0 aliphatic heterocycles. The second-order valence-electron chi connectivity index (χ2n) is 9.29. The van der Waals surface area contributed by atoms with Gasteiger partial charge in [0.25, 0.3) is 0 Å². The standard InChI is InChI=1S/C27H28O4/c1-27(2)19-7-4-18(24(27)14-19)12-13-30-21-10-11-22-23(16-26(28)31-25(22)15-21)17-5-8-20(29-3)9-6-17/h4-6,8-11,15-16,19,24H,7,12-14H2,1-3H3/t19-,24-/m0/s1. The van der Waals surface area contributed by atoms with Gasteiger partial charge < -0.3 is 13.9 Å². The lowest BCUT2D eigenvalue weighted by atomic mass is 9.48. The zero-order valence-corrected chi connectivity index (χ0v) is 18.3. The Morgan fingerprint density at radius 1 is 1.06 bits per heavy atom. The highest BCUT2D eigenvalue weighted by Crippen LogP contribution is 2.59. The number of ether oxygens (including phenoxy) is 2. The van der Waals surface area contributed by atoms with E-state index in [1.807, 2.05) is 42.5 Å². The van der Waals surface area contributed by atoms with E-state index in [9.17, 15) is 4.79 Å². The van der Waals surface area contributed by atoms with Crippen LogP contribution < -0.4 is 15.1 Å². The lowest BCUT2D eigenvalue weighted by Crippen LogP contribution is -2.48. The van der Waals surface area contributed by atoms with Gasteiger partial charge in [0.2, 0.25) is 0 Å². The van der Waals surface area contributed by atoms with E-state index in [1.165, 1.54) is 18.9 Å². The van der Waals surface area contributed by atoms with E-state index >= 15 is 0 Å². The second kappa shape index (κ2) is 7.60. The fraction of sp³-hybridized carbons (Fsp3) is 0.370. The van der Waals surface area contributed by atoms with E-state index in [1.54, 1.807) is 12.7 Å². The first-order chi connectivity index (χ1) is 15.0. The molecule has 0 amide bonds. The molecule has 0 saturated heterocycles. The quantitative estimate of drug-likeness (QED) is 0.353. The highest BCUT2D eigenvalue weighted by Gasteiger charge is 2.50. The second-order valence-corrected chi connectivity index (χ2v) is 9.29. The summed E-state index contributed by atoms with van der Waals surface area (Å²) in [5.74, 6) is 3.06. The first kappa shape index (κ1) is 19.9. The van der Waals surface area contributed by atoms with Crippen LogP contribution in [0.25, 0.3) is 22.1 Å². The van der Waals surface area contributed by atoms with Crippen LogP contribution in [0.15, 0.2) is 69.4 Å². The Balaban J connectivity index is 1.34. The molecule has 0 radical (unpaired) electrons. The summed E-state index contributed by atoms with van der Waals surface area (Å²) in [7, 11) is 1.64. The Hall–Kier alpha value is -3.01. The molecule has 1 aromatic heterocycles. The van der Waals surface area contributed by atoms with Crippen molar-refractivity contribution in [3.63, 3.8) is 0 Å². The Bertz CT molecular complexity index is 1200. The number of rotatable bonds is 6. The topological polar surface area (TPSA) is 48.7 Å². The third-order valence-corrected chi connectivity index (χ3v) is 7.36. The summed E-state index contributed by atoms with van der Waals surface area (Å²) in [6.45, 7) is 5.42. The predicted molar refractivity (Wildman–Crippen MR) is 123 cm³/mol. The number of benzene rings is 2. The highest BCUT2D eigenvalue weighted by molar-refractivity contribution is 5.93. The van der Waals surface area contributed by atoms with E-state index < -0.39 is 0 Å². The van der Waals surface area contributed by atoms with Gasteiger partial charge in [-0.15, -0.1) is 0 Å². The molecule has 2 atom stereocenters. The van der Waals surface area contributed by atoms with Gasteiger partial charge in [0.1, 0.15) is 17.1 Å². The van der Waals surface area contributed by atoms with Gasteiger partial charge in [-0.25, -0.2) is 4.79 Å². The lowest BCUT2D eigenvalue weighted by Gasteiger charge is -2.56. The van der Waals surface area contributed by atoms with Gasteiger partial charge in [-0.2, -0.15) is 0 Å². The molecule has 0 spiro atoms. The minimum Gasteiger partial charge on any atom is -0.497 e. The maximum absolute atomic E-state index is 12.2. The SMILES string of the molecule is COc1ccc(-c2cc(=O)oc3cc(OCCC4=CC[C@H]5C[C@@H]4C5(C)C)ccc23)cc1. The maximum Gasteiger partial charge on any atom is 0.336 e. The summed E-state index contributed by atoms with van der Waals surface area (Å²) in [5, 5.41) is 0.884. The van der Waals surface area contributed by atoms with Crippen LogP contribution in [0.3, 0.4) is 0 Å². The fourth-order valence-corrected chi connectivity index (χ4v) is 5.29. The zero-order chi connectivity index (χ0) is 21.6. The van der Waals surface area contributed by atoms with Gasteiger partial charge >= 0.3 is 5.63 Å². The molecule has 1 heterocycles. The molecule has 6 rings (SSSR count). The highest BCUT2D eigenvalue weighted by atomic mass is 16.5. The number of hydrogen-bond acceptors (Lipinski definition) is 4. The molecule has 2 bridgehead atoms. The molecule has 3 aliphatic rings. The van der Waals surface area contributed by atoms with Crippen molar-refractivity contribution in [3.8, 4) is 22.6 Å². The number of allylic oxidation sites excluding steroid dienone is 1. The molecule has 0 unspecified atom stereocenters. The van der Waals surface area contributed by atoms with Gasteiger partial charge in [0.05, 0.1) is 13.7 Å². The molecule has 1 fully saturated rings. The molecule has 0 N–H and O–H groups in total. The summed E-state index contributed by atoms with van der Waals surface area (Å²) in [6.07, 6.45) is 5.91. The van der Waals surface area contributed by atoms with E-state index in [2.05, 4.69) is 19.9 Å². The molecule has 4 nitrogen and oxygen atoms in total. The van der Waals surface area contributed by atoms with E-state index in [0.29, 0.717) is 23.5 Å². The van der Waals surface area contributed by atoms with Crippen LogP contribution in [-0.2, 0) is 0 Å². The number of methoxy groups -OCH3 is 1. The van der Waals surface area contributed by atoms with Crippen molar-refractivity contribution >= 4 is 11.0 Å². The van der Waals surface area contributed by atoms with E-state index in [0.717, 1.165) is 40.4 Å². The average molecular weight is 417 g/mol. The van der Waals surface area contributed by atoms with Crippen LogP contribution in [0.5, 0.6) is 11.5 Å². The fourth-order valence-electron chi connectivity index (χ4n) is 5.29. The predicted octanol–water partition coefficient (Wildman–Crippen LogP) is 6.23. The minimum atomic E-state index is -0.371. The third kappa shape index (κ3) is 3.54. The zero-order valence-electron chi connectivity index (χ0n) is 18.3. The van der Waals surface area contributed by atoms with Crippen molar-refractivity contribution in [2.24, 2.45) is 17.3 Å². The van der Waals surface area contributed by atoms with Crippen LogP contribution in [0.4, 0.5) is 0 Å². The first-order valence-electron chi connectivity index (χ1n) is 11.0. The van der Waals surface area contributed by atoms with Gasteiger partial charge in [-0.05, 0) is 65.5 Å². The summed E-state index contributed by atoms with van der Waals surface area (Å²) >= 11 is 0. The van der Waals surface area contributed by atoms with Crippen LogP contribution in [-0.4, -0.2) is 13.7 Å². The van der Waals surface area contributed by atoms with Crippen molar-refractivity contribution in [2.45, 2.75) is 33.1 Å². The number of hydrogen-bond donors (Lipinski definition) is 0. The summed E-state index contributed by atoms with van der Waals surface area (Å²) in [4.78, 5) is 12.2. The van der Waals surface area contributed by atoms with Crippen molar-refractivity contribution in [2.75, 3.05) is 13.7 Å². The Kier molecular flexibility index (Phi) is 4.88. The summed E-state index contributed by atoms with van der Waals surface area (Å²) in [6, 6.07) is 14.9. The van der Waals surface area contributed by atoms with Crippen molar-refractivity contribution in [1.82, 2.24) is 0 Å². The molecule has 3 aromatic rings. The van der Waals surface area contributed by atoms with Gasteiger partial charge in [-0.1, -0.05) is 37.6 Å². The minimum absolute atomic E-state index is 0.371. The largest absolute Gasteiger partial charge is 0.497 e. The van der Waals surface area contributed by atoms with Crippen LogP contribution >= 0.6 is 0 Å². The Labute approximate surface area is 182 Å². The van der Waals surface area contributed by atoms with Crippen molar-refractivity contribution in [1.29, 1.82) is 0 Å². The van der Waals surface area contributed by atoms with Gasteiger partial charge in [-0.3, -0.25) is 0 Å². The molecule has 4 heteroatoms. The van der Waals surface area contributed by atoms with E-state index in [-0.39, 0.29) is 5.63 Å². The number of fused-ring (bicyclic) bond motifs is 2. The van der Waals surface area contributed by atoms with Gasteiger partial charge in [0, 0.05) is 23.9 Å². The molecule has 31 heavy (non-hydrogen) atoms. The Morgan fingerprint density at radius 3 is 2.55 bits per heavy atom. The van der Waals surface area contributed by atoms with Crippen LogP contribution in [0.2, 0.25) is 0 Å². The Morgan fingerprint density at radius 2 is 1.84 bits per heavy atom. The molecule has 3 aliphatic carbocycles. The first-order valence-corrected chi connectivity index (χ1v) is 11.0. The van der Waals surface area contributed by atoms with Crippen LogP contribution in [0.1, 0.15) is 33.1 Å². The van der Waals surface area contributed by atoms with E-state index in [4.69, 9.17) is 13.9 Å². The molecule has 160 valence electrons. The average Bonchev–Trinajstić information content (AvgIpc) is 2.78. The van der Waals surface area contributed by atoms with Crippen LogP contribution in [0, 0.1) is 17.3 Å². The lowest BCUT2D eigenvalue weighted by molar-refractivity contribution is -0.00917. The van der Waals surface area contributed by atoms with Gasteiger partial charge in [0.15, 0.2) is 0 Å². The molecular formula is C27H28O4. The summed E-state index contributed by atoms with van der Waals surface area (Å²) < 4.78 is 16.8. The normalized spacial score (nSPS) is 21.3. The summed E-state index contributed by atoms with van der Waals surface area (Å²) in [5.41, 5.74) is 3.93. The maximum atomic E-state index is 12.2. The van der Waals surface area contributed by atoms with Crippen molar-refractivity contribution in [3.05, 3.63) is 70.6 Å². The monoisotopic (exact) mass is 416 g/mol. The van der Waals surface area contributed by atoms with Crippen molar-refractivity contribution < 1.29 is 13.9 Å².